The number of hydrogen-bond acceptors (Lipinski definition) is 5. The van der Waals surface area contributed by atoms with Gasteiger partial charge in [0, 0.05) is 29.4 Å². The van der Waals surface area contributed by atoms with Crippen molar-refractivity contribution in [3.63, 3.8) is 0 Å². The lowest BCUT2D eigenvalue weighted by molar-refractivity contribution is -0.131. The van der Waals surface area contributed by atoms with Crippen LogP contribution in [0.5, 0.6) is 0 Å². The van der Waals surface area contributed by atoms with E-state index < -0.39 is 16.0 Å². The van der Waals surface area contributed by atoms with Gasteiger partial charge in [-0.05, 0) is 17.5 Å². The molecule has 0 atom stereocenters. The first-order chi connectivity index (χ1) is 12.0. The monoisotopic (exact) mass is 355 g/mol. The summed E-state index contributed by atoms with van der Waals surface area (Å²) in [5, 5.41) is 9.98. The van der Waals surface area contributed by atoms with Crippen LogP contribution < -0.4 is 4.72 Å². The Hall–Kier alpha value is -3.26. The first-order valence-corrected chi connectivity index (χ1v) is 8.68. The standard InChI is InChI=1S/C17H13N3O4S/c21-16(22)9-8-12-10-18-17(19-11-12)20-25(23,24)15-7-3-5-13-4-1-2-6-14(13)15/h1-11H,(H,21,22)(H,18,19,20)/b9-8+. The minimum absolute atomic E-state index is 0.0968. The maximum Gasteiger partial charge on any atom is 0.328 e. The third kappa shape index (κ3) is 3.81. The summed E-state index contributed by atoms with van der Waals surface area (Å²) in [5.41, 5.74) is 0.440. The van der Waals surface area contributed by atoms with Gasteiger partial charge in [0.25, 0.3) is 10.0 Å². The van der Waals surface area contributed by atoms with E-state index in [1.807, 2.05) is 18.2 Å². The summed E-state index contributed by atoms with van der Waals surface area (Å²) in [6.07, 6.45) is 4.91. The molecule has 0 unspecified atom stereocenters. The SMILES string of the molecule is O=C(O)/C=C/c1cnc(NS(=O)(=O)c2cccc3ccccc23)nc1. The maximum absolute atomic E-state index is 12.6. The van der Waals surface area contributed by atoms with E-state index in [-0.39, 0.29) is 10.8 Å². The molecule has 0 aliphatic rings. The van der Waals surface area contributed by atoms with Gasteiger partial charge in [0.15, 0.2) is 0 Å². The number of aromatic nitrogens is 2. The second-order valence-electron chi connectivity index (χ2n) is 5.09. The number of benzene rings is 2. The Morgan fingerprint density at radius 1 is 1.04 bits per heavy atom. The fraction of sp³-hybridized carbons (Fsp3) is 0. The molecule has 25 heavy (non-hydrogen) atoms. The zero-order chi connectivity index (χ0) is 17.9. The van der Waals surface area contributed by atoms with E-state index in [0.29, 0.717) is 10.9 Å². The highest BCUT2D eigenvalue weighted by Crippen LogP contribution is 2.24. The van der Waals surface area contributed by atoms with Crippen LogP contribution in [0.4, 0.5) is 5.95 Å². The molecule has 0 spiro atoms. The third-order valence-electron chi connectivity index (χ3n) is 3.35. The Morgan fingerprint density at radius 3 is 2.44 bits per heavy atom. The van der Waals surface area contributed by atoms with Gasteiger partial charge < -0.3 is 5.11 Å². The predicted octanol–water partition coefficient (Wildman–Crippen LogP) is 2.53. The highest BCUT2D eigenvalue weighted by atomic mass is 32.2. The minimum atomic E-state index is -3.87. The average molecular weight is 355 g/mol. The Labute approximate surface area is 143 Å². The number of fused-ring (bicyclic) bond motifs is 1. The number of aliphatic carboxylic acids is 1. The van der Waals surface area contributed by atoms with Crippen molar-refractivity contribution in [1.82, 2.24) is 9.97 Å². The fourth-order valence-electron chi connectivity index (χ4n) is 2.25. The van der Waals surface area contributed by atoms with Gasteiger partial charge in [0.2, 0.25) is 5.95 Å². The molecule has 1 heterocycles. The molecule has 3 aromatic rings. The number of nitrogens with one attached hydrogen (secondary N) is 1. The van der Waals surface area contributed by atoms with Gasteiger partial charge in [-0.3, -0.25) is 0 Å². The van der Waals surface area contributed by atoms with Gasteiger partial charge in [-0.15, -0.1) is 0 Å². The van der Waals surface area contributed by atoms with Crippen molar-refractivity contribution in [2.24, 2.45) is 0 Å². The first-order valence-electron chi connectivity index (χ1n) is 7.19. The zero-order valence-electron chi connectivity index (χ0n) is 12.8. The Bertz CT molecular complexity index is 1060. The van der Waals surface area contributed by atoms with E-state index in [4.69, 9.17) is 5.11 Å². The van der Waals surface area contributed by atoms with Crippen molar-refractivity contribution in [3.8, 4) is 0 Å². The summed E-state index contributed by atoms with van der Waals surface area (Å²) >= 11 is 0. The van der Waals surface area contributed by atoms with Gasteiger partial charge in [0.05, 0.1) is 4.90 Å². The van der Waals surface area contributed by atoms with Crippen LogP contribution in [0.1, 0.15) is 5.56 Å². The molecule has 2 N–H and O–H groups in total. The van der Waals surface area contributed by atoms with Gasteiger partial charge in [-0.1, -0.05) is 36.4 Å². The summed E-state index contributed by atoms with van der Waals surface area (Å²) in [6.45, 7) is 0. The van der Waals surface area contributed by atoms with Crippen LogP contribution in [0, 0.1) is 0 Å². The molecule has 0 radical (unpaired) electrons. The Balaban J connectivity index is 1.90. The molecule has 0 amide bonds. The quantitative estimate of drug-likeness (QED) is 0.681. The van der Waals surface area contributed by atoms with Crippen LogP contribution in [0.15, 0.2) is 65.8 Å². The number of hydrogen-bond donors (Lipinski definition) is 2. The van der Waals surface area contributed by atoms with Crippen molar-refractivity contribution in [3.05, 3.63) is 66.5 Å². The van der Waals surface area contributed by atoms with Gasteiger partial charge in [0.1, 0.15) is 0 Å². The van der Waals surface area contributed by atoms with Crippen LogP contribution in [-0.2, 0) is 14.8 Å². The normalized spacial score (nSPS) is 11.7. The van der Waals surface area contributed by atoms with E-state index in [9.17, 15) is 13.2 Å². The summed E-state index contributed by atoms with van der Waals surface area (Å²) in [7, 11) is -3.87. The second-order valence-corrected chi connectivity index (χ2v) is 6.75. The molecule has 0 aliphatic carbocycles. The molecule has 0 aliphatic heterocycles. The summed E-state index contributed by atoms with van der Waals surface area (Å²) in [5.74, 6) is -1.19. The summed E-state index contributed by atoms with van der Waals surface area (Å²) in [6, 6.07) is 12.2. The summed E-state index contributed by atoms with van der Waals surface area (Å²) in [4.78, 5) is 18.4. The second kappa shape index (κ2) is 6.70. The van der Waals surface area contributed by atoms with Crippen LogP contribution >= 0.6 is 0 Å². The molecular weight excluding hydrogens is 342 g/mol. The molecule has 3 rings (SSSR count). The largest absolute Gasteiger partial charge is 0.478 e. The number of carbonyl (C=O) groups is 1. The van der Waals surface area contributed by atoms with Crippen LogP contribution in [0.2, 0.25) is 0 Å². The van der Waals surface area contributed by atoms with Crippen LogP contribution in [0.3, 0.4) is 0 Å². The Morgan fingerprint density at radius 2 is 1.72 bits per heavy atom. The maximum atomic E-state index is 12.6. The Kier molecular flexibility index (Phi) is 4.44. The molecule has 8 heteroatoms. The highest BCUT2D eigenvalue weighted by Gasteiger charge is 2.18. The number of rotatable bonds is 5. The zero-order valence-corrected chi connectivity index (χ0v) is 13.6. The average Bonchev–Trinajstić information content (AvgIpc) is 2.60. The lowest BCUT2D eigenvalue weighted by atomic mass is 10.1. The fourth-order valence-corrected chi connectivity index (χ4v) is 3.44. The smallest absolute Gasteiger partial charge is 0.328 e. The molecule has 0 saturated carbocycles. The number of carboxylic acids is 1. The van der Waals surface area contributed by atoms with Crippen molar-refractivity contribution in [2.45, 2.75) is 4.90 Å². The summed E-state index contributed by atoms with van der Waals surface area (Å²) < 4.78 is 27.6. The van der Waals surface area contributed by atoms with E-state index in [1.54, 1.807) is 18.2 Å². The number of nitrogens with zero attached hydrogens (tertiary/aromatic N) is 2. The van der Waals surface area contributed by atoms with Gasteiger partial charge >= 0.3 is 5.97 Å². The van der Waals surface area contributed by atoms with Crippen molar-refractivity contribution in [2.75, 3.05) is 4.72 Å². The van der Waals surface area contributed by atoms with Crippen LogP contribution in [-0.4, -0.2) is 29.5 Å². The topological polar surface area (TPSA) is 109 Å². The van der Waals surface area contributed by atoms with Crippen molar-refractivity contribution < 1.29 is 18.3 Å². The molecule has 0 fully saturated rings. The number of anilines is 1. The van der Waals surface area contributed by atoms with Crippen LogP contribution in [0.25, 0.3) is 16.8 Å². The lowest BCUT2D eigenvalue weighted by Gasteiger charge is -2.09. The third-order valence-corrected chi connectivity index (χ3v) is 4.74. The molecule has 0 bridgehead atoms. The molecule has 126 valence electrons. The predicted molar refractivity (Wildman–Crippen MR) is 93.5 cm³/mol. The molecular formula is C17H13N3O4S. The number of sulfonamides is 1. The first kappa shape index (κ1) is 16.6. The molecule has 1 aromatic heterocycles. The van der Waals surface area contributed by atoms with Crippen molar-refractivity contribution in [1.29, 1.82) is 0 Å². The molecule has 2 aromatic carbocycles. The lowest BCUT2D eigenvalue weighted by Crippen LogP contribution is -2.15. The minimum Gasteiger partial charge on any atom is -0.478 e. The van der Waals surface area contributed by atoms with E-state index in [0.717, 1.165) is 11.5 Å². The number of carboxylic acid groups (broad SMARTS) is 1. The highest BCUT2D eigenvalue weighted by molar-refractivity contribution is 7.93. The van der Waals surface area contributed by atoms with Gasteiger partial charge in [-0.2, -0.15) is 0 Å². The van der Waals surface area contributed by atoms with Crippen molar-refractivity contribution >= 4 is 38.8 Å². The van der Waals surface area contributed by atoms with E-state index >= 15 is 0 Å². The van der Waals surface area contributed by atoms with Gasteiger partial charge in [-0.25, -0.2) is 27.9 Å². The molecule has 0 saturated heterocycles. The van der Waals surface area contributed by atoms with E-state index in [1.165, 1.54) is 24.5 Å². The molecule has 7 nitrogen and oxygen atoms in total. The van der Waals surface area contributed by atoms with E-state index in [2.05, 4.69) is 14.7 Å².